The average molecular weight is 223 g/mol. The molecule has 1 aliphatic rings. The lowest BCUT2D eigenvalue weighted by Crippen LogP contribution is -2.20. The Labute approximate surface area is 95.3 Å². The van der Waals surface area contributed by atoms with E-state index in [1.807, 2.05) is 31.2 Å². The van der Waals surface area contributed by atoms with Crippen molar-refractivity contribution in [3.05, 3.63) is 29.8 Å². The molecule has 0 aromatic heterocycles. The molecule has 1 aliphatic heterocycles. The topological polar surface area (TPSA) is 53.7 Å². The van der Waals surface area contributed by atoms with Crippen molar-refractivity contribution in [2.45, 2.75) is 19.3 Å². The van der Waals surface area contributed by atoms with Crippen LogP contribution in [0, 0.1) is 0 Å². The minimum absolute atomic E-state index is 0.0334. The molecular weight excluding hydrogens is 206 g/mol. The van der Waals surface area contributed by atoms with Crippen molar-refractivity contribution < 1.29 is 14.2 Å². The second-order valence-electron chi connectivity index (χ2n) is 3.63. The maximum absolute atomic E-state index is 5.63. The zero-order valence-corrected chi connectivity index (χ0v) is 9.39. The van der Waals surface area contributed by atoms with Gasteiger partial charge in [0.15, 0.2) is 6.29 Å². The zero-order chi connectivity index (χ0) is 11.4. The van der Waals surface area contributed by atoms with Gasteiger partial charge in [0, 0.05) is 6.54 Å². The highest BCUT2D eigenvalue weighted by molar-refractivity contribution is 5.30. The lowest BCUT2D eigenvalue weighted by atomic mass is 10.1. The van der Waals surface area contributed by atoms with E-state index in [-0.39, 0.29) is 12.4 Å². The fraction of sp³-hybridized carbons (Fsp3) is 0.500. The van der Waals surface area contributed by atoms with Crippen molar-refractivity contribution in [2.24, 2.45) is 5.73 Å². The quantitative estimate of drug-likeness (QED) is 0.839. The van der Waals surface area contributed by atoms with Gasteiger partial charge in [-0.25, -0.2) is 0 Å². The van der Waals surface area contributed by atoms with Crippen LogP contribution in [0.15, 0.2) is 24.3 Å². The van der Waals surface area contributed by atoms with Crippen LogP contribution in [0.4, 0.5) is 0 Å². The van der Waals surface area contributed by atoms with Gasteiger partial charge < -0.3 is 19.9 Å². The van der Waals surface area contributed by atoms with E-state index in [9.17, 15) is 0 Å². The second-order valence-corrected chi connectivity index (χ2v) is 3.63. The molecule has 16 heavy (non-hydrogen) atoms. The number of ether oxygens (including phenoxy) is 3. The molecule has 0 aliphatic carbocycles. The number of benzene rings is 1. The van der Waals surface area contributed by atoms with Crippen molar-refractivity contribution in [1.29, 1.82) is 0 Å². The lowest BCUT2D eigenvalue weighted by molar-refractivity contribution is -0.0497. The average Bonchev–Trinajstić information content (AvgIpc) is 2.78. The monoisotopic (exact) mass is 223 g/mol. The van der Waals surface area contributed by atoms with Crippen LogP contribution in [0.25, 0.3) is 0 Å². The standard InChI is InChI=1S/C12H17NO3/c1-2-14-10-5-3-4-9(6-10)11-8-15-12(7-13)16-11/h3-6,11-12H,2,7-8,13H2,1H3. The summed E-state index contributed by atoms with van der Waals surface area (Å²) in [6.45, 7) is 3.57. The van der Waals surface area contributed by atoms with Gasteiger partial charge >= 0.3 is 0 Å². The molecule has 1 heterocycles. The Morgan fingerprint density at radius 3 is 3.06 bits per heavy atom. The van der Waals surface area contributed by atoms with Gasteiger partial charge in [-0.05, 0) is 24.6 Å². The highest BCUT2D eigenvalue weighted by Gasteiger charge is 2.26. The normalized spacial score (nSPS) is 24.6. The van der Waals surface area contributed by atoms with Crippen LogP contribution in [0.5, 0.6) is 5.75 Å². The Morgan fingerprint density at radius 2 is 2.38 bits per heavy atom. The van der Waals surface area contributed by atoms with E-state index in [0.29, 0.717) is 19.8 Å². The van der Waals surface area contributed by atoms with Gasteiger partial charge in [-0.2, -0.15) is 0 Å². The van der Waals surface area contributed by atoms with Gasteiger partial charge in [-0.1, -0.05) is 12.1 Å². The number of hydrogen-bond donors (Lipinski definition) is 1. The first-order valence-corrected chi connectivity index (χ1v) is 5.53. The first-order chi connectivity index (χ1) is 7.83. The molecular formula is C12H17NO3. The largest absolute Gasteiger partial charge is 0.494 e. The molecule has 1 aromatic rings. The molecule has 2 atom stereocenters. The van der Waals surface area contributed by atoms with Crippen molar-refractivity contribution in [3.8, 4) is 5.75 Å². The first-order valence-electron chi connectivity index (χ1n) is 5.53. The molecule has 4 heteroatoms. The van der Waals surface area contributed by atoms with E-state index < -0.39 is 0 Å². The Balaban J connectivity index is 2.06. The molecule has 88 valence electrons. The summed E-state index contributed by atoms with van der Waals surface area (Å²) >= 11 is 0. The predicted octanol–water partition coefficient (Wildman–Crippen LogP) is 1.46. The van der Waals surface area contributed by atoms with E-state index in [0.717, 1.165) is 11.3 Å². The van der Waals surface area contributed by atoms with Crippen LogP contribution in [0.3, 0.4) is 0 Å². The summed E-state index contributed by atoms with van der Waals surface area (Å²) in [6.07, 6.45) is -0.310. The van der Waals surface area contributed by atoms with Gasteiger partial charge in [0.25, 0.3) is 0 Å². The molecule has 0 spiro atoms. The highest BCUT2D eigenvalue weighted by atomic mass is 16.7. The highest BCUT2D eigenvalue weighted by Crippen LogP contribution is 2.28. The molecule has 1 fully saturated rings. The maximum Gasteiger partial charge on any atom is 0.170 e. The number of hydrogen-bond acceptors (Lipinski definition) is 4. The minimum atomic E-state index is -0.277. The molecule has 1 aromatic carbocycles. The van der Waals surface area contributed by atoms with Gasteiger partial charge in [0.05, 0.1) is 13.2 Å². The number of rotatable bonds is 4. The molecule has 0 saturated carbocycles. The van der Waals surface area contributed by atoms with Crippen LogP contribution in [0.2, 0.25) is 0 Å². The first kappa shape index (κ1) is 11.4. The summed E-state index contributed by atoms with van der Waals surface area (Å²) in [6, 6.07) is 7.88. The van der Waals surface area contributed by atoms with Crippen LogP contribution in [-0.2, 0) is 9.47 Å². The van der Waals surface area contributed by atoms with Crippen molar-refractivity contribution in [1.82, 2.24) is 0 Å². The van der Waals surface area contributed by atoms with E-state index in [2.05, 4.69) is 0 Å². The Morgan fingerprint density at radius 1 is 1.50 bits per heavy atom. The van der Waals surface area contributed by atoms with Crippen LogP contribution in [-0.4, -0.2) is 26.0 Å². The van der Waals surface area contributed by atoms with E-state index in [4.69, 9.17) is 19.9 Å². The van der Waals surface area contributed by atoms with Gasteiger partial charge in [0.1, 0.15) is 11.9 Å². The third-order valence-corrected chi connectivity index (χ3v) is 2.48. The number of nitrogens with two attached hydrogens (primary N) is 1. The van der Waals surface area contributed by atoms with Crippen molar-refractivity contribution >= 4 is 0 Å². The summed E-state index contributed by atoms with van der Waals surface area (Å²) in [4.78, 5) is 0. The van der Waals surface area contributed by atoms with E-state index in [1.165, 1.54) is 0 Å². The molecule has 2 rings (SSSR count). The van der Waals surface area contributed by atoms with E-state index >= 15 is 0 Å². The summed E-state index contributed by atoms with van der Waals surface area (Å²) in [5, 5.41) is 0. The summed E-state index contributed by atoms with van der Waals surface area (Å²) in [5.74, 6) is 0.861. The molecule has 2 unspecified atom stereocenters. The molecule has 1 saturated heterocycles. The fourth-order valence-corrected chi connectivity index (χ4v) is 1.73. The van der Waals surface area contributed by atoms with E-state index in [1.54, 1.807) is 0 Å². The minimum Gasteiger partial charge on any atom is -0.494 e. The maximum atomic E-state index is 5.63. The van der Waals surface area contributed by atoms with Crippen LogP contribution < -0.4 is 10.5 Å². The lowest BCUT2D eigenvalue weighted by Gasteiger charge is -2.11. The third kappa shape index (κ3) is 2.52. The Hall–Kier alpha value is -1.10. The SMILES string of the molecule is CCOc1cccc(C2COC(CN)O2)c1. The molecule has 0 bridgehead atoms. The summed E-state index contributed by atoms with van der Waals surface area (Å²) in [7, 11) is 0. The van der Waals surface area contributed by atoms with Crippen LogP contribution in [0.1, 0.15) is 18.6 Å². The van der Waals surface area contributed by atoms with Gasteiger partial charge in [-0.15, -0.1) is 0 Å². The smallest absolute Gasteiger partial charge is 0.170 e. The van der Waals surface area contributed by atoms with Crippen LogP contribution >= 0.6 is 0 Å². The van der Waals surface area contributed by atoms with Gasteiger partial charge in [-0.3, -0.25) is 0 Å². The molecule has 0 radical (unpaired) electrons. The zero-order valence-electron chi connectivity index (χ0n) is 9.39. The van der Waals surface area contributed by atoms with Gasteiger partial charge in [0.2, 0.25) is 0 Å². The predicted molar refractivity (Wildman–Crippen MR) is 60.2 cm³/mol. The van der Waals surface area contributed by atoms with Crippen molar-refractivity contribution in [3.63, 3.8) is 0 Å². The molecule has 0 amide bonds. The molecule has 4 nitrogen and oxygen atoms in total. The summed E-state index contributed by atoms with van der Waals surface area (Å²) in [5.41, 5.74) is 6.55. The Bertz CT molecular complexity index is 343. The van der Waals surface area contributed by atoms with Crippen molar-refractivity contribution in [2.75, 3.05) is 19.8 Å². The summed E-state index contributed by atoms with van der Waals surface area (Å²) < 4.78 is 16.4. The third-order valence-electron chi connectivity index (χ3n) is 2.48. The molecule has 2 N–H and O–H groups in total. The second kappa shape index (κ2) is 5.30. The fourth-order valence-electron chi connectivity index (χ4n) is 1.73. The Kier molecular flexibility index (Phi) is 3.77.